The number of alkyl halides is 1. The normalized spacial score (nSPS) is 43.6. The second-order valence-electron chi connectivity index (χ2n) is 7.49. The molecule has 0 saturated heterocycles. The molecule has 0 spiro atoms. The lowest BCUT2D eigenvalue weighted by molar-refractivity contribution is -0.170. The summed E-state index contributed by atoms with van der Waals surface area (Å²) in [6, 6.07) is 9.54. The van der Waals surface area contributed by atoms with Gasteiger partial charge in [0.05, 0.1) is 11.6 Å². The molecule has 2 unspecified atom stereocenters. The Morgan fingerprint density at radius 2 is 2.05 bits per heavy atom. The van der Waals surface area contributed by atoms with Crippen molar-refractivity contribution in [3.63, 3.8) is 0 Å². The van der Waals surface area contributed by atoms with Gasteiger partial charge in [0.1, 0.15) is 0 Å². The van der Waals surface area contributed by atoms with E-state index in [1.807, 2.05) is 30.3 Å². The van der Waals surface area contributed by atoms with E-state index in [4.69, 9.17) is 17.1 Å². The zero-order valence-electron chi connectivity index (χ0n) is 12.4. The molecule has 0 radical (unpaired) electrons. The van der Waals surface area contributed by atoms with Gasteiger partial charge in [0.25, 0.3) is 0 Å². The first kappa shape index (κ1) is 14.4. The molecule has 4 fully saturated rings. The van der Waals surface area contributed by atoms with Gasteiger partial charge in [-0.05, 0) is 55.0 Å². The van der Waals surface area contributed by atoms with E-state index in [0.29, 0.717) is 18.3 Å². The summed E-state index contributed by atoms with van der Waals surface area (Å²) in [6.45, 7) is 0. The Labute approximate surface area is 135 Å². The van der Waals surface area contributed by atoms with Gasteiger partial charge in [0, 0.05) is 15.7 Å². The standard InChI is InChI=1S/C17H20ClN3O/c18-16-7-11-6-13(9-16)14(17(22,8-11)10-16)15(20-21-19)12-4-2-1-3-5-12/h1-5,11,13-15,22H,6-10H2/t11?,13?,14-,15+,16+,17+/m1/s1. The molecular formula is C17H20ClN3O. The first-order valence-corrected chi connectivity index (χ1v) is 8.41. The molecule has 4 aliphatic carbocycles. The van der Waals surface area contributed by atoms with Gasteiger partial charge in [-0.3, -0.25) is 0 Å². The summed E-state index contributed by atoms with van der Waals surface area (Å²) in [5.41, 5.74) is 9.24. The number of rotatable bonds is 3. The van der Waals surface area contributed by atoms with Crippen LogP contribution >= 0.6 is 11.6 Å². The Bertz CT molecular complexity index is 632. The Morgan fingerprint density at radius 1 is 1.27 bits per heavy atom. The highest BCUT2D eigenvalue weighted by atomic mass is 35.5. The zero-order chi connectivity index (χ0) is 15.4. The number of azide groups is 1. The van der Waals surface area contributed by atoms with Crippen molar-refractivity contribution in [2.24, 2.45) is 22.9 Å². The quantitative estimate of drug-likeness (QED) is 0.377. The summed E-state index contributed by atoms with van der Waals surface area (Å²) >= 11 is 6.75. The van der Waals surface area contributed by atoms with Crippen LogP contribution in [0.4, 0.5) is 0 Å². The number of halogens is 1. The third-order valence-electron chi connectivity index (χ3n) is 5.97. The fraction of sp³-hybridized carbons (Fsp3) is 0.647. The predicted octanol–water partition coefficient (Wildman–Crippen LogP) is 4.59. The molecule has 116 valence electrons. The number of hydrogen-bond donors (Lipinski definition) is 1. The Kier molecular flexibility index (Phi) is 3.19. The highest BCUT2D eigenvalue weighted by molar-refractivity contribution is 6.24. The van der Waals surface area contributed by atoms with E-state index < -0.39 is 5.60 Å². The molecular weight excluding hydrogens is 298 g/mol. The fourth-order valence-electron chi connectivity index (χ4n) is 5.66. The van der Waals surface area contributed by atoms with Crippen LogP contribution in [-0.2, 0) is 0 Å². The molecule has 0 aromatic heterocycles. The van der Waals surface area contributed by atoms with Gasteiger partial charge < -0.3 is 5.11 Å². The number of nitrogens with zero attached hydrogens (tertiary/aromatic N) is 3. The van der Waals surface area contributed by atoms with E-state index in [1.165, 1.54) is 0 Å². The van der Waals surface area contributed by atoms with E-state index in [0.717, 1.165) is 31.2 Å². The molecule has 1 aromatic carbocycles. The highest BCUT2D eigenvalue weighted by Crippen LogP contribution is 2.65. The Morgan fingerprint density at radius 3 is 2.68 bits per heavy atom. The van der Waals surface area contributed by atoms with Crippen molar-refractivity contribution >= 4 is 11.6 Å². The van der Waals surface area contributed by atoms with Gasteiger partial charge >= 0.3 is 0 Å². The molecule has 4 saturated carbocycles. The minimum atomic E-state index is -0.791. The van der Waals surface area contributed by atoms with Crippen LogP contribution in [0.2, 0.25) is 0 Å². The lowest BCUT2D eigenvalue weighted by Crippen LogP contribution is -2.63. The van der Waals surface area contributed by atoms with Gasteiger partial charge in [0.2, 0.25) is 0 Å². The van der Waals surface area contributed by atoms with Gasteiger partial charge in [0.15, 0.2) is 0 Å². The summed E-state index contributed by atoms with van der Waals surface area (Å²) in [7, 11) is 0. The van der Waals surface area contributed by atoms with Crippen LogP contribution in [0.1, 0.15) is 43.7 Å². The van der Waals surface area contributed by atoms with Crippen LogP contribution < -0.4 is 0 Å². The Balaban J connectivity index is 1.76. The molecule has 4 nitrogen and oxygen atoms in total. The molecule has 0 aliphatic heterocycles. The van der Waals surface area contributed by atoms with Gasteiger partial charge in [-0.2, -0.15) is 0 Å². The van der Waals surface area contributed by atoms with Gasteiger partial charge in [-0.1, -0.05) is 35.4 Å². The number of aliphatic hydroxyl groups is 1. The van der Waals surface area contributed by atoms with Crippen molar-refractivity contribution in [3.8, 4) is 0 Å². The Hall–Kier alpha value is -1.22. The molecule has 22 heavy (non-hydrogen) atoms. The maximum atomic E-state index is 11.3. The molecule has 4 aliphatic rings. The van der Waals surface area contributed by atoms with Gasteiger partial charge in [-0.25, -0.2) is 0 Å². The lowest BCUT2D eigenvalue weighted by atomic mass is 9.47. The first-order valence-electron chi connectivity index (χ1n) is 8.03. The second kappa shape index (κ2) is 4.89. The van der Waals surface area contributed by atoms with Crippen LogP contribution in [0.5, 0.6) is 0 Å². The molecule has 4 bridgehead atoms. The van der Waals surface area contributed by atoms with Crippen molar-refractivity contribution in [1.82, 2.24) is 0 Å². The molecule has 5 rings (SSSR count). The fourth-order valence-corrected chi connectivity index (χ4v) is 6.30. The zero-order valence-corrected chi connectivity index (χ0v) is 13.2. The SMILES string of the molecule is [N-]=[N+]=N[C@@H](c1ccccc1)[C@H]1C2CC3C[C@](Cl)(C2)C[C@@]1(O)C3. The van der Waals surface area contributed by atoms with Crippen LogP contribution in [0, 0.1) is 17.8 Å². The second-order valence-corrected chi connectivity index (χ2v) is 8.29. The van der Waals surface area contributed by atoms with Crippen molar-refractivity contribution in [2.45, 2.75) is 48.6 Å². The summed E-state index contributed by atoms with van der Waals surface area (Å²) in [5, 5.41) is 15.4. The molecule has 6 atom stereocenters. The molecule has 0 amide bonds. The summed E-state index contributed by atoms with van der Waals surface area (Å²) in [6.07, 6.45) is 4.49. The monoisotopic (exact) mass is 317 g/mol. The molecule has 0 heterocycles. The van der Waals surface area contributed by atoms with E-state index in [-0.39, 0.29) is 16.8 Å². The van der Waals surface area contributed by atoms with E-state index in [1.54, 1.807) is 0 Å². The summed E-state index contributed by atoms with van der Waals surface area (Å²) in [4.78, 5) is 2.83. The van der Waals surface area contributed by atoms with Gasteiger partial charge in [-0.15, -0.1) is 11.6 Å². The maximum absolute atomic E-state index is 11.3. The third kappa shape index (κ3) is 2.13. The van der Waals surface area contributed by atoms with Crippen LogP contribution in [-0.4, -0.2) is 15.6 Å². The lowest BCUT2D eigenvalue weighted by Gasteiger charge is -2.63. The van der Waals surface area contributed by atoms with Crippen molar-refractivity contribution in [3.05, 3.63) is 46.3 Å². The first-order chi connectivity index (χ1) is 10.5. The summed E-state index contributed by atoms with van der Waals surface area (Å²) < 4.78 is 0. The summed E-state index contributed by atoms with van der Waals surface area (Å²) in [5.74, 6) is 0.849. The van der Waals surface area contributed by atoms with Crippen LogP contribution in [0.15, 0.2) is 35.4 Å². The third-order valence-corrected chi connectivity index (χ3v) is 6.41. The minimum Gasteiger partial charge on any atom is -0.389 e. The molecule has 1 aromatic rings. The van der Waals surface area contributed by atoms with Crippen LogP contribution in [0.3, 0.4) is 0 Å². The topological polar surface area (TPSA) is 69.0 Å². The van der Waals surface area contributed by atoms with Crippen molar-refractivity contribution < 1.29 is 5.11 Å². The molecule has 1 N–H and O–H groups in total. The number of benzene rings is 1. The molecule has 5 heteroatoms. The minimum absolute atomic E-state index is 0.0192. The van der Waals surface area contributed by atoms with E-state index in [9.17, 15) is 5.11 Å². The highest BCUT2D eigenvalue weighted by Gasteiger charge is 2.63. The average molecular weight is 318 g/mol. The van der Waals surface area contributed by atoms with E-state index in [2.05, 4.69) is 10.0 Å². The maximum Gasteiger partial charge on any atom is 0.0705 e. The van der Waals surface area contributed by atoms with Crippen molar-refractivity contribution in [2.75, 3.05) is 0 Å². The predicted molar refractivity (Wildman–Crippen MR) is 85.4 cm³/mol. The average Bonchev–Trinajstić information content (AvgIpc) is 2.44. The smallest absolute Gasteiger partial charge is 0.0705 e. The van der Waals surface area contributed by atoms with Crippen molar-refractivity contribution in [1.29, 1.82) is 0 Å². The van der Waals surface area contributed by atoms with Crippen LogP contribution in [0.25, 0.3) is 10.4 Å². The number of hydrogen-bond acceptors (Lipinski definition) is 2. The largest absolute Gasteiger partial charge is 0.389 e. The van der Waals surface area contributed by atoms with E-state index >= 15 is 0 Å².